The third kappa shape index (κ3) is 4.26. The predicted molar refractivity (Wildman–Crippen MR) is 75.7 cm³/mol. The Labute approximate surface area is 118 Å². The summed E-state index contributed by atoms with van der Waals surface area (Å²) in [5.41, 5.74) is 0.0806. The molecular weight excluding hydrogens is 258 g/mol. The molecule has 0 bridgehead atoms. The zero-order valence-corrected chi connectivity index (χ0v) is 11.8. The van der Waals surface area contributed by atoms with Gasteiger partial charge in [-0.2, -0.15) is 0 Å². The number of rotatable bonds is 8. The van der Waals surface area contributed by atoms with Crippen molar-refractivity contribution >= 4 is 17.3 Å². The molecule has 0 radical (unpaired) electrons. The first-order valence-corrected chi connectivity index (χ1v) is 6.78. The van der Waals surface area contributed by atoms with Crippen LogP contribution in [0.4, 0.5) is 5.69 Å². The minimum absolute atomic E-state index is 0.102. The third-order valence-corrected chi connectivity index (χ3v) is 3.24. The van der Waals surface area contributed by atoms with Crippen molar-refractivity contribution in [3.63, 3.8) is 0 Å². The number of ketones is 2. The van der Waals surface area contributed by atoms with Gasteiger partial charge in [0.1, 0.15) is 5.78 Å². The van der Waals surface area contributed by atoms with Gasteiger partial charge in [0.05, 0.1) is 10.8 Å². The van der Waals surface area contributed by atoms with E-state index in [2.05, 4.69) is 0 Å². The van der Waals surface area contributed by atoms with Gasteiger partial charge in [-0.3, -0.25) is 19.7 Å². The Morgan fingerprint density at radius 3 is 2.60 bits per heavy atom. The maximum absolute atomic E-state index is 12.2. The summed E-state index contributed by atoms with van der Waals surface area (Å²) >= 11 is 0. The molecule has 108 valence electrons. The lowest BCUT2D eigenvalue weighted by Crippen LogP contribution is -2.21. The first-order valence-electron chi connectivity index (χ1n) is 6.78. The van der Waals surface area contributed by atoms with E-state index in [9.17, 15) is 19.7 Å². The zero-order chi connectivity index (χ0) is 15.1. The second-order valence-electron chi connectivity index (χ2n) is 4.82. The number of nitrogens with zero attached hydrogens (tertiary/aromatic N) is 1. The number of Topliss-reactive ketones (excluding diaryl/α,β-unsaturated/α-hetero) is 2. The molecule has 5 nitrogen and oxygen atoms in total. The van der Waals surface area contributed by atoms with Crippen molar-refractivity contribution in [3.8, 4) is 0 Å². The highest BCUT2D eigenvalue weighted by Gasteiger charge is 2.23. The average molecular weight is 277 g/mol. The van der Waals surface area contributed by atoms with Crippen molar-refractivity contribution in [2.24, 2.45) is 5.92 Å². The molecule has 1 aromatic carbocycles. The Morgan fingerprint density at radius 2 is 2.00 bits per heavy atom. The van der Waals surface area contributed by atoms with E-state index in [0.717, 1.165) is 19.3 Å². The quantitative estimate of drug-likeness (QED) is 0.239. The molecule has 20 heavy (non-hydrogen) atoms. The summed E-state index contributed by atoms with van der Waals surface area (Å²) in [7, 11) is 0. The summed E-state index contributed by atoms with van der Waals surface area (Å²) in [6, 6.07) is 5.51. The van der Waals surface area contributed by atoms with Crippen molar-refractivity contribution in [2.75, 3.05) is 0 Å². The smallest absolute Gasteiger partial charge is 0.270 e. The van der Waals surface area contributed by atoms with Gasteiger partial charge < -0.3 is 0 Å². The van der Waals surface area contributed by atoms with Crippen LogP contribution in [0, 0.1) is 16.0 Å². The number of non-ortho nitro benzene ring substituents is 1. The molecule has 0 heterocycles. The number of carbonyl (C=O) groups is 2. The highest BCUT2D eigenvalue weighted by Crippen LogP contribution is 2.18. The van der Waals surface area contributed by atoms with Gasteiger partial charge in [-0.15, -0.1) is 0 Å². The minimum Gasteiger partial charge on any atom is -0.299 e. The van der Waals surface area contributed by atoms with Gasteiger partial charge >= 0.3 is 0 Å². The van der Waals surface area contributed by atoms with E-state index in [1.165, 1.54) is 24.3 Å². The van der Waals surface area contributed by atoms with Gasteiger partial charge in [-0.1, -0.05) is 31.9 Å². The highest BCUT2D eigenvalue weighted by molar-refractivity contribution is 6.10. The fraction of sp³-hybridized carbons (Fsp3) is 0.467. The molecule has 1 atom stereocenters. The van der Waals surface area contributed by atoms with Crippen LogP contribution in [-0.2, 0) is 4.79 Å². The minimum atomic E-state index is -0.742. The second-order valence-corrected chi connectivity index (χ2v) is 4.82. The monoisotopic (exact) mass is 277 g/mol. The van der Waals surface area contributed by atoms with Gasteiger partial charge in [0.2, 0.25) is 0 Å². The van der Waals surface area contributed by atoms with Gasteiger partial charge in [0.25, 0.3) is 5.69 Å². The van der Waals surface area contributed by atoms with E-state index in [0.29, 0.717) is 6.42 Å². The molecule has 0 aromatic heterocycles. The first-order chi connectivity index (χ1) is 9.47. The topological polar surface area (TPSA) is 77.3 Å². The lowest BCUT2D eigenvalue weighted by molar-refractivity contribution is -0.384. The van der Waals surface area contributed by atoms with E-state index in [4.69, 9.17) is 0 Å². The molecule has 0 saturated heterocycles. The number of hydrogen-bond acceptors (Lipinski definition) is 4. The van der Waals surface area contributed by atoms with Crippen molar-refractivity contribution in [1.82, 2.24) is 0 Å². The number of nitro benzene ring substituents is 1. The van der Waals surface area contributed by atoms with Crippen LogP contribution in [0.5, 0.6) is 0 Å². The molecule has 0 aliphatic heterocycles. The molecular formula is C15H19NO4. The Bertz CT molecular complexity index is 510. The maximum Gasteiger partial charge on any atom is 0.270 e. The van der Waals surface area contributed by atoms with E-state index < -0.39 is 10.8 Å². The van der Waals surface area contributed by atoms with Crippen LogP contribution in [0.2, 0.25) is 0 Å². The van der Waals surface area contributed by atoms with Crippen LogP contribution < -0.4 is 0 Å². The molecule has 1 rings (SSSR count). The van der Waals surface area contributed by atoms with E-state index >= 15 is 0 Å². The number of hydrogen-bond donors (Lipinski definition) is 0. The van der Waals surface area contributed by atoms with Crippen molar-refractivity contribution < 1.29 is 14.5 Å². The third-order valence-electron chi connectivity index (χ3n) is 3.24. The van der Waals surface area contributed by atoms with Crippen LogP contribution in [0.25, 0.3) is 0 Å². The van der Waals surface area contributed by atoms with Crippen molar-refractivity contribution in [2.45, 2.75) is 39.5 Å². The molecule has 0 N–H and O–H groups in total. The molecule has 0 fully saturated rings. The largest absolute Gasteiger partial charge is 0.299 e. The molecule has 0 spiro atoms. The first kappa shape index (κ1) is 16.0. The van der Waals surface area contributed by atoms with Gasteiger partial charge in [-0.25, -0.2) is 0 Å². The summed E-state index contributed by atoms with van der Waals surface area (Å²) in [5.74, 6) is -1.20. The maximum atomic E-state index is 12.2. The Morgan fingerprint density at radius 1 is 1.30 bits per heavy atom. The fourth-order valence-electron chi connectivity index (χ4n) is 1.93. The molecule has 0 aliphatic rings. The molecule has 1 aromatic rings. The highest BCUT2D eigenvalue weighted by atomic mass is 16.6. The van der Waals surface area contributed by atoms with E-state index in [-0.39, 0.29) is 22.8 Å². The van der Waals surface area contributed by atoms with Crippen molar-refractivity contribution in [1.29, 1.82) is 0 Å². The van der Waals surface area contributed by atoms with Crippen LogP contribution >= 0.6 is 0 Å². The van der Waals surface area contributed by atoms with E-state index in [1.54, 1.807) is 6.92 Å². The number of carbonyl (C=O) groups excluding carboxylic acids is 2. The Kier molecular flexibility index (Phi) is 6.03. The Hall–Kier alpha value is -2.04. The van der Waals surface area contributed by atoms with Gasteiger partial charge in [-0.05, 0) is 13.3 Å². The summed E-state index contributed by atoms with van der Waals surface area (Å²) in [6.07, 6.45) is 3.14. The number of unbranched alkanes of at least 4 members (excludes halogenated alkanes) is 2. The zero-order valence-electron chi connectivity index (χ0n) is 11.8. The van der Waals surface area contributed by atoms with E-state index in [1.807, 2.05) is 6.92 Å². The van der Waals surface area contributed by atoms with Crippen LogP contribution in [0.1, 0.15) is 49.9 Å². The normalized spacial score (nSPS) is 11.9. The van der Waals surface area contributed by atoms with Crippen LogP contribution in [0.15, 0.2) is 24.3 Å². The fourth-order valence-corrected chi connectivity index (χ4v) is 1.93. The standard InChI is InChI=1S/C15H19NO4/c1-3-4-5-9-14(17)11(2)15(18)12-7-6-8-13(10-12)16(19)20/h6-8,10-11H,3-5,9H2,1-2H3. The van der Waals surface area contributed by atoms with Gasteiger partial charge in [0.15, 0.2) is 5.78 Å². The predicted octanol–water partition coefficient (Wildman–Crippen LogP) is 3.56. The Balaban J connectivity index is 2.76. The number of nitro groups is 1. The summed E-state index contributed by atoms with van der Waals surface area (Å²) in [4.78, 5) is 34.2. The molecule has 0 amide bonds. The second kappa shape index (κ2) is 7.53. The van der Waals surface area contributed by atoms with Crippen molar-refractivity contribution in [3.05, 3.63) is 39.9 Å². The SMILES string of the molecule is CCCCCC(=O)C(C)C(=O)c1cccc([N+](=O)[O-])c1. The molecule has 5 heteroatoms. The lowest BCUT2D eigenvalue weighted by atomic mass is 9.92. The van der Waals surface area contributed by atoms with Gasteiger partial charge in [0, 0.05) is 24.1 Å². The lowest BCUT2D eigenvalue weighted by Gasteiger charge is -2.09. The average Bonchev–Trinajstić information content (AvgIpc) is 2.45. The van der Waals surface area contributed by atoms with Crippen LogP contribution in [-0.4, -0.2) is 16.5 Å². The molecule has 1 unspecified atom stereocenters. The molecule has 0 aliphatic carbocycles. The summed E-state index contributed by atoms with van der Waals surface area (Å²) in [6.45, 7) is 3.61. The van der Waals surface area contributed by atoms with Crippen LogP contribution in [0.3, 0.4) is 0 Å². The number of benzene rings is 1. The molecule has 0 saturated carbocycles. The summed E-state index contributed by atoms with van der Waals surface area (Å²) in [5, 5.41) is 10.7. The summed E-state index contributed by atoms with van der Waals surface area (Å²) < 4.78 is 0.